The van der Waals surface area contributed by atoms with Crippen LogP contribution >= 0.6 is 0 Å². The second kappa shape index (κ2) is 8.57. The predicted molar refractivity (Wildman–Crippen MR) is 110 cm³/mol. The molecule has 0 unspecified atom stereocenters. The van der Waals surface area contributed by atoms with Gasteiger partial charge in [0, 0.05) is 17.1 Å². The van der Waals surface area contributed by atoms with Gasteiger partial charge in [0.25, 0.3) is 0 Å². The van der Waals surface area contributed by atoms with Crippen molar-refractivity contribution < 1.29 is 14.3 Å². The number of aromatic nitrogens is 1. The maximum absolute atomic E-state index is 12.7. The van der Waals surface area contributed by atoms with Crippen LogP contribution in [-0.2, 0) is 16.1 Å². The van der Waals surface area contributed by atoms with Crippen molar-refractivity contribution in [2.24, 2.45) is 0 Å². The van der Waals surface area contributed by atoms with Gasteiger partial charge in [-0.05, 0) is 44.5 Å². The maximum Gasteiger partial charge on any atom is 0.339 e. The Kier molecular flexibility index (Phi) is 5.94. The van der Waals surface area contributed by atoms with E-state index in [9.17, 15) is 9.59 Å². The summed E-state index contributed by atoms with van der Waals surface area (Å²) in [5, 5.41) is 2.91. The molecule has 28 heavy (non-hydrogen) atoms. The van der Waals surface area contributed by atoms with E-state index in [1.807, 2.05) is 73.0 Å². The first-order chi connectivity index (χ1) is 13.5. The van der Waals surface area contributed by atoms with Crippen molar-refractivity contribution in [1.82, 2.24) is 4.57 Å². The Morgan fingerprint density at radius 2 is 1.68 bits per heavy atom. The van der Waals surface area contributed by atoms with Gasteiger partial charge in [-0.2, -0.15) is 0 Å². The molecule has 5 nitrogen and oxygen atoms in total. The Morgan fingerprint density at radius 3 is 2.32 bits per heavy atom. The predicted octanol–water partition coefficient (Wildman–Crippen LogP) is 4.59. The first kappa shape index (κ1) is 19.4. The van der Waals surface area contributed by atoms with Gasteiger partial charge in [-0.3, -0.25) is 4.79 Å². The number of esters is 1. The van der Waals surface area contributed by atoms with Gasteiger partial charge in [0.1, 0.15) is 6.54 Å². The summed E-state index contributed by atoms with van der Waals surface area (Å²) in [4.78, 5) is 25.0. The van der Waals surface area contributed by atoms with Crippen molar-refractivity contribution in [1.29, 1.82) is 0 Å². The number of nitrogens with one attached hydrogen (secondary N) is 1. The van der Waals surface area contributed by atoms with Crippen LogP contribution in [0.4, 0.5) is 5.69 Å². The molecule has 0 atom stereocenters. The van der Waals surface area contributed by atoms with Crippen LogP contribution < -0.4 is 5.32 Å². The number of rotatable bonds is 6. The SMILES string of the molecule is CCOC(=O)c1cc(-c2ccccc2)n(CC(=O)Nc2ccc(C)cc2)c1C. The molecular weight excluding hydrogens is 352 g/mol. The summed E-state index contributed by atoms with van der Waals surface area (Å²) in [5.41, 5.74) is 4.79. The summed E-state index contributed by atoms with van der Waals surface area (Å²) in [6.07, 6.45) is 0. The van der Waals surface area contributed by atoms with Gasteiger partial charge in [0.05, 0.1) is 12.2 Å². The number of amides is 1. The summed E-state index contributed by atoms with van der Waals surface area (Å²) in [7, 11) is 0. The molecule has 1 amide bonds. The van der Waals surface area contributed by atoms with Crippen LogP contribution in [0.25, 0.3) is 11.3 Å². The van der Waals surface area contributed by atoms with Crippen LogP contribution in [0.15, 0.2) is 60.7 Å². The quantitative estimate of drug-likeness (QED) is 0.640. The average molecular weight is 376 g/mol. The molecule has 144 valence electrons. The molecule has 0 aliphatic carbocycles. The van der Waals surface area contributed by atoms with E-state index in [1.54, 1.807) is 13.0 Å². The maximum atomic E-state index is 12.7. The molecule has 3 rings (SSSR count). The number of carbonyl (C=O) groups excluding carboxylic acids is 2. The third-order valence-corrected chi connectivity index (χ3v) is 4.57. The topological polar surface area (TPSA) is 60.3 Å². The normalized spacial score (nSPS) is 10.5. The Bertz CT molecular complexity index is 973. The highest BCUT2D eigenvalue weighted by atomic mass is 16.5. The molecular formula is C23H24N2O3. The number of ether oxygens (including phenoxy) is 1. The molecule has 1 aromatic heterocycles. The van der Waals surface area contributed by atoms with Gasteiger partial charge in [-0.15, -0.1) is 0 Å². The summed E-state index contributed by atoms with van der Waals surface area (Å²) >= 11 is 0. The van der Waals surface area contributed by atoms with Crippen molar-refractivity contribution in [2.75, 3.05) is 11.9 Å². The smallest absolute Gasteiger partial charge is 0.339 e. The van der Waals surface area contributed by atoms with Crippen molar-refractivity contribution >= 4 is 17.6 Å². The number of carbonyl (C=O) groups is 2. The van der Waals surface area contributed by atoms with Gasteiger partial charge in [0.15, 0.2) is 0 Å². The molecule has 0 aliphatic rings. The van der Waals surface area contributed by atoms with Crippen LogP contribution in [0, 0.1) is 13.8 Å². The Hall–Kier alpha value is -3.34. The van der Waals surface area contributed by atoms with E-state index in [0.29, 0.717) is 17.9 Å². The fourth-order valence-corrected chi connectivity index (χ4v) is 3.09. The third kappa shape index (κ3) is 4.31. The standard InChI is InChI=1S/C23H24N2O3/c1-4-28-23(27)20-14-21(18-8-6-5-7-9-18)25(17(20)3)15-22(26)24-19-12-10-16(2)11-13-19/h5-14H,4,15H2,1-3H3,(H,24,26). The molecule has 5 heteroatoms. The van der Waals surface area contributed by atoms with Crippen molar-refractivity contribution in [3.63, 3.8) is 0 Å². The lowest BCUT2D eigenvalue weighted by molar-refractivity contribution is -0.116. The zero-order valence-corrected chi connectivity index (χ0v) is 16.4. The molecule has 1 heterocycles. The second-order valence-corrected chi connectivity index (χ2v) is 6.62. The number of hydrogen-bond acceptors (Lipinski definition) is 3. The van der Waals surface area contributed by atoms with E-state index in [0.717, 1.165) is 22.5 Å². The number of benzene rings is 2. The van der Waals surface area contributed by atoms with E-state index in [2.05, 4.69) is 5.32 Å². The first-order valence-corrected chi connectivity index (χ1v) is 9.28. The average Bonchev–Trinajstić information content (AvgIpc) is 3.01. The van der Waals surface area contributed by atoms with Crippen LogP contribution in [0.2, 0.25) is 0 Å². The van der Waals surface area contributed by atoms with Gasteiger partial charge in [-0.1, -0.05) is 48.0 Å². The monoisotopic (exact) mass is 376 g/mol. The lowest BCUT2D eigenvalue weighted by atomic mass is 10.1. The minimum atomic E-state index is -0.380. The zero-order chi connectivity index (χ0) is 20.1. The second-order valence-electron chi connectivity index (χ2n) is 6.62. The summed E-state index contributed by atoms with van der Waals surface area (Å²) in [5.74, 6) is -0.537. The van der Waals surface area contributed by atoms with Crippen LogP contribution in [-0.4, -0.2) is 23.1 Å². The Morgan fingerprint density at radius 1 is 1.00 bits per heavy atom. The van der Waals surface area contributed by atoms with E-state index >= 15 is 0 Å². The van der Waals surface area contributed by atoms with Gasteiger partial charge in [-0.25, -0.2) is 4.79 Å². The van der Waals surface area contributed by atoms with E-state index in [-0.39, 0.29) is 18.4 Å². The largest absolute Gasteiger partial charge is 0.462 e. The number of hydrogen-bond donors (Lipinski definition) is 1. The fraction of sp³-hybridized carbons (Fsp3) is 0.217. The summed E-state index contributed by atoms with van der Waals surface area (Å²) in [6, 6.07) is 19.1. The van der Waals surface area contributed by atoms with E-state index < -0.39 is 0 Å². The minimum Gasteiger partial charge on any atom is -0.462 e. The lowest BCUT2D eigenvalue weighted by Crippen LogP contribution is -2.20. The molecule has 0 spiro atoms. The van der Waals surface area contributed by atoms with Crippen LogP contribution in [0.3, 0.4) is 0 Å². The highest BCUT2D eigenvalue weighted by Gasteiger charge is 2.20. The Balaban J connectivity index is 1.92. The van der Waals surface area contributed by atoms with Crippen LogP contribution in [0.1, 0.15) is 28.5 Å². The zero-order valence-electron chi connectivity index (χ0n) is 16.4. The molecule has 0 radical (unpaired) electrons. The summed E-state index contributed by atoms with van der Waals surface area (Å²) < 4.78 is 7.02. The third-order valence-electron chi connectivity index (χ3n) is 4.57. The molecule has 0 fully saturated rings. The van der Waals surface area contributed by atoms with Gasteiger partial charge >= 0.3 is 5.97 Å². The van der Waals surface area contributed by atoms with Crippen molar-refractivity contribution in [2.45, 2.75) is 27.3 Å². The van der Waals surface area contributed by atoms with Crippen molar-refractivity contribution in [3.8, 4) is 11.3 Å². The Labute approximate surface area is 165 Å². The fourth-order valence-electron chi connectivity index (χ4n) is 3.09. The molecule has 0 saturated heterocycles. The molecule has 1 N–H and O–H groups in total. The summed E-state index contributed by atoms with van der Waals surface area (Å²) in [6.45, 7) is 6.01. The van der Waals surface area contributed by atoms with Crippen molar-refractivity contribution in [3.05, 3.63) is 77.5 Å². The van der Waals surface area contributed by atoms with Gasteiger partial charge < -0.3 is 14.6 Å². The van der Waals surface area contributed by atoms with E-state index in [1.165, 1.54) is 0 Å². The number of nitrogens with zero attached hydrogens (tertiary/aromatic N) is 1. The molecule has 0 aliphatic heterocycles. The lowest BCUT2D eigenvalue weighted by Gasteiger charge is -2.13. The minimum absolute atomic E-state index is 0.101. The highest BCUT2D eigenvalue weighted by Crippen LogP contribution is 2.26. The van der Waals surface area contributed by atoms with Gasteiger partial charge in [0.2, 0.25) is 5.91 Å². The molecule has 0 bridgehead atoms. The van der Waals surface area contributed by atoms with Crippen LogP contribution in [0.5, 0.6) is 0 Å². The number of aryl methyl sites for hydroxylation is 1. The molecule has 0 saturated carbocycles. The molecule has 3 aromatic rings. The molecule has 2 aromatic carbocycles. The number of anilines is 1. The van der Waals surface area contributed by atoms with E-state index in [4.69, 9.17) is 4.74 Å². The highest BCUT2D eigenvalue weighted by molar-refractivity contribution is 5.94. The first-order valence-electron chi connectivity index (χ1n) is 9.28.